The SMILES string of the molecule is COc1ccc(C2CCc3cc(C(CCc4ccc(O)cc4OC)c4ccc(O)cc4)c(O)c(C)c3O2)cc1O. The Hall–Kier alpha value is -4.52. The average molecular weight is 543 g/mol. The quantitative estimate of drug-likeness (QED) is 0.197. The maximum absolute atomic E-state index is 11.5. The lowest BCUT2D eigenvalue weighted by atomic mass is 9.82. The van der Waals surface area contributed by atoms with E-state index in [2.05, 4.69) is 0 Å². The van der Waals surface area contributed by atoms with E-state index in [0.717, 1.165) is 40.7 Å². The molecule has 4 aromatic carbocycles. The van der Waals surface area contributed by atoms with Crippen molar-refractivity contribution < 1.29 is 34.6 Å². The highest BCUT2D eigenvalue weighted by Crippen LogP contribution is 2.47. The summed E-state index contributed by atoms with van der Waals surface area (Å²) in [5, 5.41) is 41.5. The molecule has 7 heteroatoms. The second kappa shape index (κ2) is 11.3. The number of aromatic hydroxyl groups is 4. The topological polar surface area (TPSA) is 109 Å². The predicted octanol–water partition coefficient (Wildman–Crippen LogP) is 6.67. The number of phenolic OH excluding ortho intramolecular Hbond substituents is 4. The van der Waals surface area contributed by atoms with E-state index in [0.29, 0.717) is 35.7 Å². The number of benzene rings is 4. The lowest BCUT2D eigenvalue weighted by Gasteiger charge is -2.30. The summed E-state index contributed by atoms with van der Waals surface area (Å²) in [6.45, 7) is 1.86. The second-order valence-electron chi connectivity index (χ2n) is 10.2. The number of ether oxygens (including phenoxy) is 3. The normalized spacial score (nSPS) is 15.1. The first kappa shape index (κ1) is 27.1. The summed E-state index contributed by atoms with van der Waals surface area (Å²) < 4.78 is 17.1. The smallest absolute Gasteiger partial charge is 0.160 e. The molecule has 0 amide bonds. The van der Waals surface area contributed by atoms with Gasteiger partial charge < -0.3 is 34.6 Å². The third-order valence-corrected chi connectivity index (χ3v) is 7.75. The fraction of sp³-hybridized carbons (Fsp3) is 0.273. The van der Waals surface area contributed by atoms with Gasteiger partial charge in [-0.15, -0.1) is 0 Å². The summed E-state index contributed by atoms with van der Waals surface area (Å²) >= 11 is 0. The Morgan fingerprint density at radius 3 is 2.27 bits per heavy atom. The molecule has 208 valence electrons. The zero-order valence-corrected chi connectivity index (χ0v) is 22.8. The van der Waals surface area contributed by atoms with Gasteiger partial charge in [0.2, 0.25) is 0 Å². The Morgan fingerprint density at radius 1 is 0.850 bits per heavy atom. The molecule has 0 spiro atoms. The van der Waals surface area contributed by atoms with Crippen LogP contribution in [0, 0.1) is 6.92 Å². The van der Waals surface area contributed by atoms with Crippen LogP contribution in [0.3, 0.4) is 0 Å². The van der Waals surface area contributed by atoms with E-state index in [1.165, 1.54) is 7.11 Å². The number of fused-ring (bicyclic) bond motifs is 1. The average Bonchev–Trinajstić information content (AvgIpc) is 2.96. The number of rotatable bonds is 8. The van der Waals surface area contributed by atoms with Crippen molar-refractivity contribution in [1.29, 1.82) is 0 Å². The van der Waals surface area contributed by atoms with Crippen molar-refractivity contribution >= 4 is 0 Å². The minimum absolute atomic E-state index is 0.0614. The number of aryl methyl sites for hydroxylation is 2. The fourth-order valence-corrected chi connectivity index (χ4v) is 5.58. The van der Waals surface area contributed by atoms with Crippen molar-refractivity contribution in [3.63, 3.8) is 0 Å². The van der Waals surface area contributed by atoms with Crippen molar-refractivity contribution in [2.75, 3.05) is 14.2 Å². The van der Waals surface area contributed by atoms with E-state index in [1.54, 1.807) is 43.5 Å². The van der Waals surface area contributed by atoms with E-state index >= 15 is 0 Å². The van der Waals surface area contributed by atoms with Crippen LogP contribution >= 0.6 is 0 Å². The third-order valence-electron chi connectivity index (χ3n) is 7.75. The Balaban J connectivity index is 1.49. The number of methoxy groups -OCH3 is 2. The lowest BCUT2D eigenvalue weighted by Crippen LogP contribution is -2.17. The molecule has 0 aromatic heterocycles. The number of hydrogen-bond acceptors (Lipinski definition) is 7. The highest BCUT2D eigenvalue weighted by atomic mass is 16.5. The van der Waals surface area contributed by atoms with Gasteiger partial charge in [0.05, 0.1) is 14.2 Å². The summed E-state index contributed by atoms with van der Waals surface area (Å²) in [6.07, 6.45) is 2.51. The molecule has 0 radical (unpaired) electrons. The van der Waals surface area contributed by atoms with Crippen molar-refractivity contribution in [3.05, 3.63) is 100 Å². The van der Waals surface area contributed by atoms with Gasteiger partial charge in [0.1, 0.15) is 34.9 Å². The molecule has 1 heterocycles. The Labute approximate surface area is 233 Å². The van der Waals surface area contributed by atoms with Gasteiger partial charge in [0.15, 0.2) is 11.5 Å². The van der Waals surface area contributed by atoms with E-state index in [9.17, 15) is 20.4 Å². The monoisotopic (exact) mass is 542 g/mol. The molecule has 4 aromatic rings. The van der Waals surface area contributed by atoms with Crippen LogP contribution in [-0.4, -0.2) is 34.6 Å². The molecule has 2 unspecified atom stereocenters. The number of phenols is 4. The van der Waals surface area contributed by atoms with Crippen molar-refractivity contribution in [2.24, 2.45) is 0 Å². The molecular formula is C33H34O7. The Morgan fingerprint density at radius 2 is 1.57 bits per heavy atom. The van der Waals surface area contributed by atoms with Gasteiger partial charge >= 0.3 is 0 Å². The summed E-state index contributed by atoms with van der Waals surface area (Å²) in [5.74, 6) is 2.07. The van der Waals surface area contributed by atoms with Gasteiger partial charge in [0.25, 0.3) is 0 Å². The molecule has 1 aliphatic rings. The standard InChI is InChI=1S/C33H34O7/c1-19-32(37)27(16-23-9-14-29(40-33(19)23)22-8-15-30(38-2)28(36)17-22)26(20-4-10-24(34)11-5-20)13-7-21-6-12-25(35)18-31(21)39-3/h4-6,8,10-12,15-18,26,29,34-37H,7,9,13-14H2,1-3H3. The van der Waals surface area contributed by atoms with Crippen molar-refractivity contribution in [3.8, 4) is 40.2 Å². The summed E-state index contributed by atoms with van der Waals surface area (Å²) in [5.41, 5.74) is 5.24. The zero-order valence-electron chi connectivity index (χ0n) is 22.8. The van der Waals surface area contributed by atoms with Crippen LogP contribution in [0.5, 0.6) is 40.2 Å². The molecule has 0 saturated heterocycles. The minimum Gasteiger partial charge on any atom is -0.508 e. The van der Waals surface area contributed by atoms with Gasteiger partial charge in [-0.05, 0) is 91.3 Å². The van der Waals surface area contributed by atoms with Crippen LogP contribution in [-0.2, 0) is 12.8 Å². The van der Waals surface area contributed by atoms with Crippen LogP contribution < -0.4 is 14.2 Å². The lowest BCUT2D eigenvalue weighted by molar-refractivity contribution is 0.173. The molecule has 1 aliphatic heterocycles. The minimum atomic E-state index is -0.261. The van der Waals surface area contributed by atoms with Gasteiger partial charge in [0, 0.05) is 23.1 Å². The first-order valence-electron chi connectivity index (χ1n) is 13.3. The highest BCUT2D eigenvalue weighted by Gasteiger charge is 2.29. The van der Waals surface area contributed by atoms with Gasteiger partial charge in [-0.2, -0.15) is 0 Å². The van der Waals surface area contributed by atoms with Crippen LogP contribution in [0.4, 0.5) is 0 Å². The van der Waals surface area contributed by atoms with Crippen molar-refractivity contribution in [2.45, 2.75) is 44.6 Å². The van der Waals surface area contributed by atoms with Gasteiger partial charge in [-0.3, -0.25) is 0 Å². The highest BCUT2D eigenvalue weighted by molar-refractivity contribution is 5.57. The Bertz CT molecular complexity index is 1510. The summed E-state index contributed by atoms with van der Waals surface area (Å²) in [6, 6.07) is 19.5. The summed E-state index contributed by atoms with van der Waals surface area (Å²) in [7, 11) is 3.09. The van der Waals surface area contributed by atoms with Crippen LogP contribution in [0.2, 0.25) is 0 Å². The number of hydrogen-bond donors (Lipinski definition) is 4. The van der Waals surface area contributed by atoms with Crippen LogP contribution in [0.15, 0.2) is 66.7 Å². The van der Waals surface area contributed by atoms with E-state index in [-0.39, 0.29) is 35.0 Å². The molecule has 5 rings (SSSR count). The van der Waals surface area contributed by atoms with Crippen LogP contribution in [0.1, 0.15) is 58.2 Å². The van der Waals surface area contributed by atoms with Crippen LogP contribution in [0.25, 0.3) is 0 Å². The van der Waals surface area contributed by atoms with Gasteiger partial charge in [-0.1, -0.05) is 24.3 Å². The molecule has 7 nitrogen and oxygen atoms in total. The maximum Gasteiger partial charge on any atom is 0.160 e. The molecule has 4 N–H and O–H groups in total. The molecule has 40 heavy (non-hydrogen) atoms. The zero-order chi connectivity index (χ0) is 28.4. The molecule has 0 bridgehead atoms. The first-order valence-corrected chi connectivity index (χ1v) is 13.3. The molecular weight excluding hydrogens is 508 g/mol. The molecule has 0 saturated carbocycles. The van der Waals surface area contributed by atoms with E-state index in [4.69, 9.17) is 14.2 Å². The fourth-order valence-electron chi connectivity index (χ4n) is 5.58. The molecule has 0 aliphatic carbocycles. The molecule has 0 fully saturated rings. The van der Waals surface area contributed by atoms with Crippen molar-refractivity contribution in [1.82, 2.24) is 0 Å². The molecule has 2 atom stereocenters. The predicted molar refractivity (Wildman–Crippen MR) is 152 cm³/mol. The summed E-state index contributed by atoms with van der Waals surface area (Å²) in [4.78, 5) is 0. The van der Waals surface area contributed by atoms with Gasteiger partial charge in [-0.25, -0.2) is 0 Å². The van der Waals surface area contributed by atoms with E-state index < -0.39 is 0 Å². The maximum atomic E-state index is 11.5. The van der Waals surface area contributed by atoms with E-state index in [1.807, 2.05) is 37.3 Å². The third kappa shape index (κ3) is 5.32. The second-order valence-corrected chi connectivity index (χ2v) is 10.2. The first-order chi connectivity index (χ1) is 19.3. The largest absolute Gasteiger partial charge is 0.508 e. The Kier molecular flexibility index (Phi) is 7.65.